The zero-order chi connectivity index (χ0) is 12.3. The van der Waals surface area contributed by atoms with E-state index in [4.69, 9.17) is 0 Å². The molecule has 0 saturated carbocycles. The molecule has 0 radical (unpaired) electrons. The number of hydrogen-bond acceptors (Lipinski definition) is 1. The van der Waals surface area contributed by atoms with E-state index in [9.17, 15) is 4.79 Å². The van der Waals surface area contributed by atoms with Crippen molar-refractivity contribution in [1.82, 2.24) is 0 Å². The first-order chi connectivity index (χ1) is 8.20. The number of aryl methyl sites for hydroxylation is 1. The fourth-order valence-corrected chi connectivity index (χ4v) is 2.63. The van der Waals surface area contributed by atoms with Gasteiger partial charge in [-0.15, -0.1) is 0 Å². The molecule has 1 aliphatic carbocycles. The molecule has 1 heteroatoms. The Morgan fingerprint density at radius 1 is 1.35 bits per heavy atom. The van der Waals surface area contributed by atoms with Gasteiger partial charge in [-0.3, -0.25) is 4.79 Å². The molecule has 1 aromatic carbocycles. The molecule has 17 heavy (non-hydrogen) atoms. The van der Waals surface area contributed by atoms with Gasteiger partial charge in [-0.2, -0.15) is 0 Å². The van der Waals surface area contributed by atoms with E-state index in [-0.39, 0.29) is 5.92 Å². The summed E-state index contributed by atoms with van der Waals surface area (Å²) in [5.74, 6) is 1.30. The molecule has 0 spiro atoms. The van der Waals surface area contributed by atoms with Crippen molar-refractivity contribution in [2.45, 2.75) is 46.0 Å². The van der Waals surface area contributed by atoms with Gasteiger partial charge >= 0.3 is 0 Å². The topological polar surface area (TPSA) is 17.1 Å². The van der Waals surface area contributed by atoms with E-state index in [1.165, 1.54) is 11.1 Å². The summed E-state index contributed by atoms with van der Waals surface area (Å²) in [6, 6.07) is 8.56. The van der Waals surface area contributed by atoms with Crippen LogP contribution in [0.1, 0.15) is 44.2 Å². The monoisotopic (exact) mass is 230 g/mol. The lowest BCUT2D eigenvalue weighted by Crippen LogP contribution is -2.24. The van der Waals surface area contributed by atoms with Gasteiger partial charge in [-0.1, -0.05) is 44.5 Å². The van der Waals surface area contributed by atoms with Crippen LogP contribution in [-0.4, -0.2) is 5.78 Å². The molecule has 0 N–H and O–H groups in total. The van der Waals surface area contributed by atoms with Crippen molar-refractivity contribution in [3.05, 3.63) is 35.4 Å². The minimum atomic E-state index is 0.277. The maximum atomic E-state index is 12.2. The summed E-state index contributed by atoms with van der Waals surface area (Å²) < 4.78 is 0. The van der Waals surface area contributed by atoms with Crippen molar-refractivity contribution in [3.8, 4) is 0 Å². The Hall–Kier alpha value is -1.11. The van der Waals surface area contributed by atoms with E-state index in [2.05, 4.69) is 38.1 Å². The minimum absolute atomic E-state index is 0.277. The molecule has 0 amide bonds. The van der Waals surface area contributed by atoms with E-state index in [0.717, 1.165) is 32.1 Å². The highest BCUT2D eigenvalue weighted by Gasteiger charge is 2.24. The number of hydrogen-bond donors (Lipinski definition) is 0. The van der Waals surface area contributed by atoms with Gasteiger partial charge in [-0.25, -0.2) is 0 Å². The highest BCUT2D eigenvalue weighted by molar-refractivity contribution is 5.81. The van der Waals surface area contributed by atoms with Gasteiger partial charge < -0.3 is 0 Å². The van der Waals surface area contributed by atoms with Crippen LogP contribution < -0.4 is 0 Å². The summed E-state index contributed by atoms with van der Waals surface area (Å²) >= 11 is 0. The van der Waals surface area contributed by atoms with Crippen molar-refractivity contribution in [2.75, 3.05) is 0 Å². The number of Topliss-reactive ketones (excluding diaryl/α,β-unsaturated/α-hetero) is 1. The lowest BCUT2D eigenvalue weighted by molar-refractivity contribution is -0.124. The zero-order valence-electron chi connectivity index (χ0n) is 10.9. The molecule has 0 saturated heterocycles. The summed E-state index contributed by atoms with van der Waals surface area (Å²) in [5.41, 5.74) is 2.83. The van der Waals surface area contributed by atoms with Crippen LogP contribution in [0.3, 0.4) is 0 Å². The van der Waals surface area contributed by atoms with Crippen LogP contribution in [0.2, 0.25) is 0 Å². The molecular weight excluding hydrogens is 208 g/mol. The van der Waals surface area contributed by atoms with Crippen molar-refractivity contribution in [2.24, 2.45) is 11.8 Å². The number of carbonyl (C=O) groups is 1. The number of ketones is 1. The molecule has 1 nitrogen and oxygen atoms in total. The first kappa shape index (κ1) is 12.3. The van der Waals surface area contributed by atoms with Crippen LogP contribution in [0.4, 0.5) is 0 Å². The maximum Gasteiger partial charge on any atom is 0.136 e. The largest absolute Gasteiger partial charge is 0.299 e. The molecule has 0 bridgehead atoms. The van der Waals surface area contributed by atoms with Crippen molar-refractivity contribution in [3.63, 3.8) is 0 Å². The number of carbonyl (C=O) groups excluding carboxylic acids is 1. The fraction of sp³-hybridized carbons (Fsp3) is 0.562. The summed E-state index contributed by atoms with van der Waals surface area (Å²) in [4.78, 5) is 12.2. The molecule has 2 atom stereocenters. The Morgan fingerprint density at radius 2 is 2.06 bits per heavy atom. The average molecular weight is 230 g/mol. The van der Waals surface area contributed by atoms with E-state index in [1.807, 2.05) is 0 Å². The van der Waals surface area contributed by atoms with Crippen LogP contribution in [0.5, 0.6) is 0 Å². The first-order valence-electron chi connectivity index (χ1n) is 6.80. The van der Waals surface area contributed by atoms with Crippen molar-refractivity contribution < 1.29 is 4.79 Å². The summed E-state index contributed by atoms with van der Waals surface area (Å²) in [6.07, 6.45) is 4.96. The average Bonchev–Trinajstić information content (AvgIpc) is 2.38. The highest BCUT2D eigenvalue weighted by atomic mass is 16.1. The van der Waals surface area contributed by atoms with Crippen LogP contribution in [-0.2, 0) is 17.6 Å². The van der Waals surface area contributed by atoms with Gasteiger partial charge in [0, 0.05) is 12.3 Å². The summed E-state index contributed by atoms with van der Waals surface area (Å²) in [5, 5.41) is 0. The number of rotatable bonds is 4. The molecule has 1 aromatic rings. The first-order valence-corrected chi connectivity index (χ1v) is 6.80. The zero-order valence-corrected chi connectivity index (χ0v) is 10.9. The van der Waals surface area contributed by atoms with E-state index in [1.54, 1.807) is 0 Å². The van der Waals surface area contributed by atoms with E-state index in [0.29, 0.717) is 11.7 Å². The molecular formula is C16H22O. The second kappa shape index (κ2) is 5.48. The van der Waals surface area contributed by atoms with Gasteiger partial charge in [0.1, 0.15) is 5.78 Å². The van der Waals surface area contributed by atoms with Gasteiger partial charge in [0.2, 0.25) is 0 Å². The Morgan fingerprint density at radius 3 is 2.76 bits per heavy atom. The maximum absolute atomic E-state index is 12.2. The highest BCUT2D eigenvalue weighted by Crippen LogP contribution is 2.27. The Balaban J connectivity index is 2.00. The predicted molar refractivity (Wildman–Crippen MR) is 71.0 cm³/mol. The molecule has 0 fully saturated rings. The van der Waals surface area contributed by atoms with Gasteiger partial charge in [0.15, 0.2) is 0 Å². The van der Waals surface area contributed by atoms with Crippen LogP contribution in [0.25, 0.3) is 0 Å². The number of benzene rings is 1. The molecule has 92 valence electrons. The lowest BCUT2D eigenvalue weighted by atomic mass is 9.80. The summed E-state index contributed by atoms with van der Waals surface area (Å²) in [6.45, 7) is 4.34. The molecule has 2 rings (SSSR count). The third kappa shape index (κ3) is 2.96. The Kier molecular flexibility index (Phi) is 3.98. The fourth-order valence-electron chi connectivity index (χ4n) is 2.63. The Bertz CT molecular complexity index is 394. The SMILES string of the molecule is CCC(C)CC(=O)C1CCc2ccccc2C1. The van der Waals surface area contributed by atoms with Gasteiger partial charge in [0.25, 0.3) is 0 Å². The van der Waals surface area contributed by atoms with Crippen LogP contribution in [0, 0.1) is 11.8 Å². The van der Waals surface area contributed by atoms with Crippen molar-refractivity contribution in [1.29, 1.82) is 0 Å². The Labute approximate surface area is 104 Å². The second-order valence-electron chi connectivity index (χ2n) is 5.39. The second-order valence-corrected chi connectivity index (χ2v) is 5.39. The van der Waals surface area contributed by atoms with Crippen LogP contribution >= 0.6 is 0 Å². The van der Waals surface area contributed by atoms with Gasteiger partial charge in [0.05, 0.1) is 0 Å². The number of fused-ring (bicyclic) bond motifs is 1. The van der Waals surface area contributed by atoms with E-state index >= 15 is 0 Å². The molecule has 1 aliphatic rings. The third-order valence-corrected chi connectivity index (χ3v) is 4.05. The quantitative estimate of drug-likeness (QED) is 0.769. The lowest BCUT2D eigenvalue weighted by Gasteiger charge is -2.24. The van der Waals surface area contributed by atoms with E-state index < -0.39 is 0 Å². The molecule has 0 aliphatic heterocycles. The molecule has 0 aromatic heterocycles. The minimum Gasteiger partial charge on any atom is -0.299 e. The van der Waals surface area contributed by atoms with Gasteiger partial charge in [-0.05, 0) is 36.3 Å². The normalized spacial score (nSPS) is 20.7. The van der Waals surface area contributed by atoms with Crippen molar-refractivity contribution >= 4 is 5.78 Å². The van der Waals surface area contributed by atoms with Crippen LogP contribution in [0.15, 0.2) is 24.3 Å². The standard InChI is InChI=1S/C16H22O/c1-3-12(2)10-16(17)15-9-8-13-6-4-5-7-14(13)11-15/h4-7,12,15H,3,8-11H2,1-2H3. The molecule has 2 unspecified atom stereocenters. The predicted octanol–water partition coefficient (Wildman–Crippen LogP) is 3.80. The third-order valence-electron chi connectivity index (χ3n) is 4.05. The molecule has 0 heterocycles. The smallest absolute Gasteiger partial charge is 0.136 e. The summed E-state index contributed by atoms with van der Waals surface area (Å²) in [7, 11) is 0.